The van der Waals surface area contributed by atoms with Crippen LogP contribution in [0.2, 0.25) is 0 Å². The molecule has 32 heavy (non-hydrogen) atoms. The number of rotatable bonds is 14. The minimum atomic E-state index is 0.454. The number of hydrogen-bond acceptors (Lipinski definition) is 6. The number of nitrogens with one attached hydrogen (secondary N) is 2. The SMILES string of the molecule is CCOCCCNC(=NCc1nnc(C)n1C)NCCc1ccc(OCC)c(OCC)c1. The second-order valence-corrected chi connectivity index (χ2v) is 7.19. The molecule has 0 atom stereocenters. The monoisotopic (exact) mass is 446 g/mol. The van der Waals surface area contributed by atoms with Gasteiger partial charge >= 0.3 is 0 Å². The van der Waals surface area contributed by atoms with Crippen LogP contribution in [0.3, 0.4) is 0 Å². The Morgan fingerprint density at radius 2 is 1.75 bits per heavy atom. The summed E-state index contributed by atoms with van der Waals surface area (Å²) in [6.45, 7) is 12.5. The maximum absolute atomic E-state index is 5.74. The Balaban J connectivity index is 1.96. The lowest BCUT2D eigenvalue weighted by molar-refractivity contribution is 0.145. The Hall–Kier alpha value is -2.81. The van der Waals surface area contributed by atoms with Crippen LogP contribution in [-0.4, -0.2) is 60.2 Å². The van der Waals surface area contributed by atoms with Crippen molar-refractivity contribution in [1.82, 2.24) is 25.4 Å². The van der Waals surface area contributed by atoms with Crippen LogP contribution in [0.1, 0.15) is 44.4 Å². The van der Waals surface area contributed by atoms with Crippen molar-refractivity contribution in [3.63, 3.8) is 0 Å². The van der Waals surface area contributed by atoms with Gasteiger partial charge in [0.25, 0.3) is 0 Å². The summed E-state index contributed by atoms with van der Waals surface area (Å²) < 4.78 is 18.8. The Morgan fingerprint density at radius 1 is 1.00 bits per heavy atom. The van der Waals surface area contributed by atoms with Crippen LogP contribution in [0.5, 0.6) is 11.5 Å². The summed E-state index contributed by atoms with van der Waals surface area (Å²) in [4.78, 5) is 4.69. The first-order chi connectivity index (χ1) is 15.6. The summed E-state index contributed by atoms with van der Waals surface area (Å²) >= 11 is 0. The second kappa shape index (κ2) is 14.3. The molecule has 0 aliphatic rings. The van der Waals surface area contributed by atoms with E-state index in [0.717, 1.165) is 68.3 Å². The zero-order valence-electron chi connectivity index (χ0n) is 20.1. The molecule has 1 heterocycles. The molecule has 0 saturated heterocycles. The van der Waals surface area contributed by atoms with Gasteiger partial charge in [-0.3, -0.25) is 0 Å². The van der Waals surface area contributed by atoms with E-state index in [1.165, 1.54) is 5.56 Å². The smallest absolute Gasteiger partial charge is 0.191 e. The molecular formula is C23H38N6O3. The minimum absolute atomic E-state index is 0.454. The summed E-state index contributed by atoms with van der Waals surface area (Å²) in [7, 11) is 1.95. The number of nitrogens with zero attached hydrogens (tertiary/aromatic N) is 4. The lowest BCUT2D eigenvalue weighted by Gasteiger charge is -2.14. The van der Waals surface area contributed by atoms with E-state index in [-0.39, 0.29) is 0 Å². The van der Waals surface area contributed by atoms with Crippen LogP contribution in [0.25, 0.3) is 0 Å². The van der Waals surface area contributed by atoms with Gasteiger partial charge in [-0.15, -0.1) is 10.2 Å². The number of aromatic nitrogens is 3. The van der Waals surface area contributed by atoms with Crippen LogP contribution in [-0.2, 0) is 24.8 Å². The predicted octanol–water partition coefficient (Wildman–Crippen LogP) is 2.63. The molecule has 9 nitrogen and oxygen atoms in total. The van der Waals surface area contributed by atoms with Gasteiger partial charge in [-0.05, 0) is 58.2 Å². The molecule has 1 aromatic carbocycles. The van der Waals surface area contributed by atoms with Crippen LogP contribution >= 0.6 is 0 Å². The molecule has 0 amide bonds. The second-order valence-electron chi connectivity index (χ2n) is 7.19. The van der Waals surface area contributed by atoms with E-state index in [0.29, 0.717) is 19.8 Å². The van der Waals surface area contributed by atoms with Gasteiger partial charge in [0.2, 0.25) is 0 Å². The van der Waals surface area contributed by atoms with E-state index in [1.54, 1.807) is 0 Å². The van der Waals surface area contributed by atoms with Gasteiger partial charge in [-0.1, -0.05) is 6.07 Å². The summed E-state index contributed by atoms with van der Waals surface area (Å²) in [5.41, 5.74) is 1.17. The van der Waals surface area contributed by atoms with Crippen molar-refractivity contribution in [2.45, 2.75) is 47.1 Å². The van der Waals surface area contributed by atoms with Gasteiger partial charge < -0.3 is 29.4 Å². The molecule has 0 spiro atoms. The molecular weight excluding hydrogens is 408 g/mol. The summed E-state index contributed by atoms with van der Waals surface area (Å²) in [5, 5.41) is 15.1. The van der Waals surface area contributed by atoms with E-state index >= 15 is 0 Å². The highest BCUT2D eigenvalue weighted by Gasteiger charge is 2.08. The molecule has 0 radical (unpaired) electrons. The van der Waals surface area contributed by atoms with Crippen LogP contribution in [0.15, 0.2) is 23.2 Å². The van der Waals surface area contributed by atoms with Crippen LogP contribution < -0.4 is 20.1 Å². The fourth-order valence-corrected chi connectivity index (χ4v) is 3.01. The van der Waals surface area contributed by atoms with Gasteiger partial charge in [-0.25, -0.2) is 4.99 Å². The summed E-state index contributed by atoms with van der Waals surface area (Å²) in [6, 6.07) is 6.09. The van der Waals surface area contributed by atoms with Gasteiger partial charge in [0.1, 0.15) is 12.4 Å². The van der Waals surface area contributed by atoms with Crippen molar-refractivity contribution in [1.29, 1.82) is 0 Å². The summed E-state index contributed by atoms with van der Waals surface area (Å²) in [5.74, 6) is 4.01. The lowest BCUT2D eigenvalue weighted by atomic mass is 10.1. The average Bonchev–Trinajstić information content (AvgIpc) is 3.11. The van der Waals surface area contributed by atoms with E-state index in [4.69, 9.17) is 14.2 Å². The molecule has 0 fully saturated rings. The molecule has 2 aromatic rings. The first-order valence-electron chi connectivity index (χ1n) is 11.4. The van der Waals surface area contributed by atoms with E-state index in [2.05, 4.69) is 31.9 Å². The molecule has 178 valence electrons. The normalized spacial score (nSPS) is 11.5. The van der Waals surface area contributed by atoms with Crippen molar-refractivity contribution < 1.29 is 14.2 Å². The third-order valence-electron chi connectivity index (χ3n) is 4.84. The van der Waals surface area contributed by atoms with Crippen molar-refractivity contribution >= 4 is 5.96 Å². The fraction of sp³-hybridized carbons (Fsp3) is 0.609. The highest BCUT2D eigenvalue weighted by atomic mass is 16.5. The van der Waals surface area contributed by atoms with Crippen molar-refractivity contribution in [2.75, 3.05) is 39.5 Å². The first kappa shape index (κ1) is 25.5. The van der Waals surface area contributed by atoms with Gasteiger partial charge in [-0.2, -0.15) is 0 Å². The fourth-order valence-electron chi connectivity index (χ4n) is 3.01. The highest BCUT2D eigenvalue weighted by molar-refractivity contribution is 5.79. The van der Waals surface area contributed by atoms with E-state index < -0.39 is 0 Å². The maximum atomic E-state index is 5.74. The molecule has 2 rings (SSSR count). The largest absolute Gasteiger partial charge is 0.490 e. The zero-order chi connectivity index (χ0) is 23.2. The Bertz CT molecular complexity index is 837. The number of aliphatic imine (C=N–C) groups is 1. The van der Waals surface area contributed by atoms with Crippen LogP contribution in [0.4, 0.5) is 0 Å². The third-order valence-corrected chi connectivity index (χ3v) is 4.84. The number of ether oxygens (including phenoxy) is 3. The predicted molar refractivity (Wildman–Crippen MR) is 126 cm³/mol. The van der Waals surface area contributed by atoms with Crippen molar-refractivity contribution in [2.24, 2.45) is 12.0 Å². The molecule has 0 aliphatic carbocycles. The topological polar surface area (TPSA) is 94.8 Å². The number of aryl methyl sites for hydroxylation is 1. The maximum Gasteiger partial charge on any atom is 0.191 e. The van der Waals surface area contributed by atoms with Gasteiger partial charge in [0.05, 0.1) is 13.2 Å². The number of hydrogen-bond donors (Lipinski definition) is 2. The lowest BCUT2D eigenvalue weighted by Crippen LogP contribution is -2.39. The molecule has 1 aromatic heterocycles. The van der Waals surface area contributed by atoms with Crippen molar-refractivity contribution in [3.8, 4) is 11.5 Å². The molecule has 0 unspecified atom stereocenters. The summed E-state index contributed by atoms with van der Waals surface area (Å²) in [6.07, 6.45) is 1.74. The Kier molecular flexibility index (Phi) is 11.4. The van der Waals surface area contributed by atoms with Crippen LogP contribution in [0, 0.1) is 6.92 Å². The minimum Gasteiger partial charge on any atom is -0.490 e. The number of guanidine groups is 1. The number of benzene rings is 1. The van der Waals surface area contributed by atoms with E-state index in [9.17, 15) is 0 Å². The molecule has 2 N–H and O–H groups in total. The molecule has 0 saturated carbocycles. The van der Waals surface area contributed by atoms with Crippen molar-refractivity contribution in [3.05, 3.63) is 35.4 Å². The average molecular weight is 447 g/mol. The molecule has 9 heteroatoms. The Morgan fingerprint density at radius 3 is 2.44 bits per heavy atom. The molecule has 0 aliphatic heterocycles. The van der Waals surface area contributed by atoms with E-state index in [1.807, 2.05) is 51.4 Å². The molecule has 0 bridgehead atoms. The Labute approximate surface area is 191 Å². The zero-order valence-corrected chi connectivity index (χ0v) is 20.1. The first-order valence-corrected chi connectivity index (χ1v) is 11.4. The van der Waals surface area contributed by atoms with Gasteiger partial charge in [0.15, 0.2) is 23.3 Å². The van der Waals surface area contributed by atoms with Gasteiger partial charge in [0, 0.05) is 33.4 Å². The third kappa shape index (κ3) is 8.37. The quantitative estimate of drug-likeness (QED) is 0.262. The highest BCUT2D eigenvalue weighted by Crippen LogP contribution is 2.28. The standard InChI is InChI=1S/C23H38N6O3/c1-6-30-15-9-13-24-23(26-17-22-28-27-18(4)29(22)5)25-14-12-19-10-11-20(31-7-2)21(16-19)32-8-3/h10-11,16H,6-9,12-15,17H2,1-5H3,(H2,24,25,26).